The van der Waals surface area contributed by atoms with E-state index < -0.39 is 0 Å². The van der Waals surface area contributed by atoms with Crippen LogP contribution in [0.3, 0.4) is 0 Å². The zero-order chi connectivity index (χ0) is 17.9. The Morgan fingerprint density at radius 1 is 1.21 bits per heavy atom. The lowest BCUT2D eigenvalue weighted by Gasteiger charge is -2.18. The van der Waals surface area contributed by atoms with Crippen LogP contribution < -0.4 is 5.32 Å². The molecule has 1 heterocycles. The fourth-order valence-electron chi connectivity index (χ4n) is 2.60. The summed E-state index contributed by atoms with van der Waals surface area (Å²) in [5.74, 6) is 0.0390. The molecule has 6 nitrogen and oxygen atoms in total. The number of amides is 2. The molecule has 6 heteroatoms. The molecule has 2 amide bonds. The van der Waals surface area contributed by atoms with Crippen molar-refractivity contribution in [2.75, 3.05) is 18.9 Å². The van der Waals surface area contributed by atoms with Crippen LogP contribution in [0, 0.1) is 20.8 Å². The smallest absolute Gasteiger partial charge is 0.259 e. The Hall–Kier alpha value is -2.63. The average Bonchev–Trinajstić information content (AvgIpc) is 2.91. The van der Waals surface area contributed by atoms with Gasteiger partial charge in [0.1, 0.15) is 11.3 Å². The lowest BCUT2D eigenvalue weighted by atomic mass is 10.1. The Balaban J connectivity index is 2.09. The van der Waals surface area contributed by atoms with Crippen LogP contribution >= 0.6 is 0 Å². The van der Waals surface area contributed by atoms with E-state index in [-0.39, 0.29) is 18.4 Å². The first kappa shape index (κ1) is 17.7. The lowest BCUT2D eigenvalue weighted by molar-refractivity contribution is -0.116. The van der Waals surface area contributed by atoms with Gasteiger partial charge in [-0.15, -0.1) is 0 Å². The summed E-state index contributed by atoms with van der Waals surface area (Å²) >= 11 is 0. The molecular weight excluding hydrogens is 306 g/mol. The molecule has 2 rings (SSSR count). The molecule has 128 valence electrons. The predicted molar refractivity (Wildman–Crippen MR) is 92.1 cm³/mol. The zero-order valence-electron chi connectivity index (χ0n) is 14.8. The molecule has 0 spiro atoms. The minimum absolute atomic E-state index is 0.0413. The summed E-state index contributed by atoms with van der Waals surface area (Å²) in [5.41, 5.74) is 3.75. The van der Waals surface area contributed by atoms with Crippen molar-refractivity contribution in [2.24, 2.45) is 0 Å². The minimum atomic E-state index is -0.262. The molecule has 0 unspecified atom stereocenters. The van der Waals surface area contributed by atoms with E-state index in [0.717, 1.165) is 16.8 Å². The first-order valence-corrected chi connectivity index (χ1v) is 7.91. The summed E-state index contributed by atoms with van der Waals surface area (Å²) in [6.45, 7) is 7.45. The maximum atomic E-state index is 12.6. The molecule has 1 aromatic carbocycles. The van der Waals surface area contributed by atoms with E-state index in [4.69, 9.17) is 4.52 Å². The number of benzene rings is 1. The average molecular weight is 329 g/mol. The number of aryl methyl sites for hydroxylation is 4. The van der Waals surface area contributed by atoms with Gasteiger partial charge in [-0.1, -0.05) is 30.3 Å². The number of hydrogen-bond donors (Lipinski definition) is 1. The van der Waals surface area contributed by atoms with Gasteiger partial charge in [0.2, 0.25) is 5.91 Å². The van der Waals surface area contributed by atoms with Gasteiger partial charge in [0.05, 0.1) is 12.2 Å². The number of rotatable bonds is 5. The van der Waals surface area contributed by atoms with Crippen molar-refractivity contribution in [2.45, 2.75) is 34.1 Å². The number of nitrogens with zero attached hydrogens (tertiary/aromatic N) is 2. The van der Waals surface area contributed by atoms with Gasteiger partial charge in [-0.3, -0.25) is 9.59 Å². The first-order chi connectivity index (χ1) is 11.3. The van der Waals surface area contributed by atoms with Crippen LogP contribution in [-0.2, 0) is 11.2 Å². The number of carbonyl (C=O) groups excluding carboxylic acids is 2. The Morgan fingerprint density at radius 3 is 2.42 bits per heavy atom. The summed E-state index contributed by atoms with van der Waals surface area (Å²) < 4.78 is 5.15. The topological polar surface area (TPSA) is 75.4 Å². The molecule has 0 saturated carbocycles. The summed E-state index contributed by atoms with van der Waals surface area (Å²) in [4.78, 5) is 26.2. The first-order valence-electron chi connectivity index (χ1n) is 7.91. The maximum Gasteiger partial charge on any atom is 0.259 e. The van der Waals surface area contributed by atoms with E-state index in [1.807, 2.05) is 39.0 Å². The van der Waals surface area contributed by atoms with Crippen LogP contribution in [0.25, 0.3) is 0 Å². The second-order valence-electron chi connectivity index (χ2n) is 5.90. The fraction of sp³-hybridized carbons (Fsp3) is 0.389. The summed E-state index contributed by atoms with van der Waals surface area (Å²) in [5, 5.41) is 6.72. The number of hydrogen-bond acceptors (Lipinski definition) is 4. The number of anilines is 1. The molecule has 0 saturated heterocycles. The van der Waals surface area contributed by atoms with Crippen molar-refractivity contribution < 1.29 is 14.1 Å². The van der Waals surface area contributed by atoms with Gasteiger partial charge >= 0.3 is 0 Å². The molecule has 0 bridgehead atoms. The Kier molecular flexibility index (Phi) is 5.39. The van der Waals surface area contributed by atoms with Crippen molar-refractivity contribution in [1.29, 1.82) is 0 Å². The zero-order valence-corrected chi connectivity index (χ0v) is 14.8. The summed E-state index contributed by atoms with van der Waals surface area (Å²) in [6.07, 6.45) is 0.574. The molecule has 2 aromatic rings. The Labute approximate surface area is 141 Å². The minimum Gasteiger partial charge on any atom is -0.360 e. The van der Waals surface area contributed by atoms with Gasteiger partial charge in [0, 0.05) is 19.2 Å². The molecule has 0 fully saturated rings. The molecule has 0 radical (unpaired) electrons. The van der Waals surface area contributed by atoms with E-state index >= 15 is 0 Å². The third kappa shape index (κ3) is 3.64. The molecule has 0 atom stereocenters. The SMILES string of the molecule is CCc1onc(C)c1C(=O)N(C)CC(=O)Nc1c(C)cccc1C. The van der Waals surface area contributed by atoms with Gasteiger partial charge in [-0.05, 0) is 31.9 Å². The standard InChI is InChI=1S/C18H23N3O3/c1-6-14-16(13(4)20-24-14)18(23)21(5)10-15(22)19-17-11(2)8-7-9-12(17)3/h7-9H,6,10H2,1-5H3,(H,19,22). The molecule has 0 aliphatic heterocycles. The number of aromatic nitrogens is 1. The van der Waals surface area contributed by atoms with Crippen molar-refractivity contribution in [3.63, 3.8) is 0 Å². The number of carbonyl (C=O) groups is 2. The molecule has 1 aromatic heterocycles. The van der Waals surface area contributed by atoms with Gasteiger partial charge in [-0.2, -0.15) is 0 Å². The Morgan fingerprint density at radius 2 is 1.83 bits per heavy atom. The van der Waals surface area contributed by atoms with Crippen LogP contribution in [0.4, 0.5) is 5.69 Å². The molecule has 0 aliphatic carbocycles. The van der Waals surface area contributed by atoms with Crippen LogP contribution in [-0.4, -0.2) is 35.5 Å². The molecule has 0 aliphatic rings. The van der Waals surface area contributed by atoms with Crippen LogP contribution in [0.1, 0.15) is 39.9 Å². The molecule has 24 heavy (non-hydrogen) atoms. The molecular formula is C18H23N3O3. The van der Waals surface area contributed by atoms with E-state index in [0.29, 0.717) is 23.4 Å². The quantitative estimate of drug-likeness (QED) is 0.915. The third-order valence-corrected chi connectivity index (χ3v) is 3.94. The predicted octanol–water partition coefficient (Wildman–Crippen LogP) is 2.87. The Bertz CT molecular complexity index is 745. The highest BCUT2D eigenvalue weighted by atomic mass is 16.5. The van der Waals surface area contributed by atoms with E-state index in [2.05, 4.69) is 10.5 Å². The fourth-order valence-corrected chi connectivity index (χ4v) is 2.60. The van der Waals surface area contributed by atoms with Gasteiger partial charge in [0.15, 0.2) is 0 Å². The largest absolute Gasteiger partial charge is 0.360 e. The van der Waals surface area contributed by atoms with Crippen molar-refractivity contribution >= 4 is 17.5 Å². The van der Waals surface area contributed by atoms with Crippen molar-refractivity contribution in [1.82, 2.24) is 10.1 Å². The summed E-state index contributed by atoms with van der Waals surface area (Å²) in [6, 6.07) is 5.81. The van der Waals surface area contributed by atoms with Crippen LogP contribution in [0.2, 0.25) is 0 Å². The summed E-state index contributed by atoms with van der Waals surface area (Å²) in [7, 11) is 1.60. The van der Waals surface area contributed by atoms with Crippen molar-refractivity contribution in [3.05, 3.63) is 46.3 Å². The monoisotopic (exact) mass is 329 g/mol. The van der Waals surface area contributed by atoms with Crippen LogP contribution in [0.15, 0.2) is 22.7 Å². The number of para-hydroxylation sites is 1. The van der Waals surface area contributed by atoms with Gasteiger partial charge in [0.25, 0.3) is 5.91 Å². The highest BCUT2D eigenvalue weighted by Gasteiger charge is 2.23. The van der Waals surface area contributed by atoms with E-state index in [1.54, 1.807) is 14.0 Å². The van der Waals surface area contributed by atoms with E-state index in [1.165, 1.54) is 4.90 Å². The van der Waals surface area contributed by atoms with Crippen LogP contribution in [0.5, 0.6) is 0 Å². The lowest BCUT2D eigenvalue weighted by Crippen LogP contribution is -2.35. The maximum absolute atomic E-state index is 12.6. The van der Waals surface area contributed by atoms with Crippen molar-refractivity contribution in [3.8, 4) is 0 Å². The number of nitrogens with one attached hydrogen (secondary N) is 1. The third-order valence-electron chi connectivity index (χ3n) is 3.94. The second-order valence-corrected chi connectivity index (χ2v) is 5.90. The number of likely N-dealkylation sites (N-methyl/N-ethyl adjacent to an activating group) is 1. The highest BCUT2D eigenvalue weighted by Crippen LogP contribution is 2.20. The second kappa shape index (κ2) is 7.29. The highest BCUT2D eigenvalue weighted by molar-refractivity contribution is 6.00. The van der Waals surface area contributed by atoms with E-state index in [9.17, 15) is 9.59 Å². The molecule has 1 N–H and O–H groups in total. The normalized spacial score (nSPS) is 10.5. The van der Waals surface area contributed by atoms with Gasteiger partial charge < -0.3 is 14.7 Å². The van der Waals surface area contributed by atoms with Gasteiger partial charge in [-0.25, -0.2) is 0 Å².